The first kappa shape index (κ1) is 8.57. The standard InChI is InChI=1S/C9H16O2/c1-6(8(10)11)9(2,3)7-4-5-7/h6-7H,4-5H2,1-3H3,(H,10,11)/t6-/m1/s1. The Labute approximate surface area is 67.6 Å². The maximum Gasteiger partial charge on any atom is 0.306 e. The molecule has 0 aromatic heterocycles. The summed E-state index contributed by atoms with van der Waals surface area (Å²) < 4.78 is 0. The fourth-order valence-corrected chi connectivity index (χ4v) is 1.50. The van der Waals surface area contributed by atoms with Gasteiger partial charge in [0.1, 0.15) is 0 Å². The summed E-state index contributed by atoms with van der Waals surface area (Å²) in [6.07, 6.45) is 2.43. The lowest BCUT2D eigenvalue weighted by atomic mass is 9.76. The Morgan fingerprint density at radius 3 is 2.27 bits per heavy atom. The molecule has 0 spiro atoms. The van der Waals surface area contributed by atoms with Gasteiger partial charge in [-0.3, -0.25) is 4.79 Å². The highest BCUT2D eigenvalue weighted by Gasteiger charge is 2.43. The predicted octanol–water partition coefficient (Wildman–Crippen LogP) is 2.14. The van der Waals surface area contributed by atoms with Crippen LogP contribution in [0.15, 0.2) is 0 Å². The van der Waals surface area contributed by atoms with Crippen LogP contribution < -0.4 is 0 Å². The zero-order chi connectivity index (χ0) is 8.65. The highest BCUT2D eigenvalue weighted by atomic mass is 16.4. The molecule has 1 fully saturated rings. The fraction of sp³-hybridized carbons (Fsp3) is 0.889. The summed E-state index contributed by atoms with van der Waals surface area (Å²) in [6.45, 7) is 5.92. The van der Waals surface area contributed by atoms with Gasteiger partial charge in [0, 0.05) is 0 Å². The van der Waals surface area contributed by atoms with E-state index < -0.39 is 5.97 Å². The van der Waals surface area contributed by atoms with E-state index in [9.17, 15) is 4.79 Å². The van der Waals surface area contributed by atoms with Crippen LogP contribution in [0.2, 0.25) is 0 Å². The second kappa shape index (κ2) is 2.50. The van der Waals surface area contributed by atoms with Gasteiger partial charge in [-0.1, -0.05) is 20.8 Å². The van der Waals surface area contributed by atoms with Crippen molar-refractivity contribution in [2.45, 2.75) is 33.6 Å². The van der Waals surface area contributed by atoms with Gasteiger partial charge < -0.3 is 5.11 Å². The Hall–Kier alpha value is -0.530. The first-order valence-corrected chi connectivity index (χ1v) is 4.19. The molecule has 2 nitrogen and oxygen atoms in total. The van der Waals surface area contributed by atoms with Gasteiger partial charge in [0.25, 0.3) is 0 Å². The Morgan fingerprint density at radius 1 is 1.55 bits per heavy atom. The smallest absolute Gasteiger partial charge is 0.306 e. The maximum atomic E-state index is 10.7. The Morgan fingerprint density at radius 2 is 2.00 bits per heavy atom. The van der Waals surface area contributed by atoms with Crippen LogP contribution >= 0.6 is 0 Å². The average molecular weight is 156 g/mol. The number of aliphatic carboxylic acids is 1. The third kappa shape index (κ3) is 1.55. The molecule has 0 radical (unpaired) electrons. The molecule has 0 saturated heterocycles. The van der Waals surface area contributed by atoms with Crippen molar-refractivity contribution in [1.29, 1.82) is 0 Å². The van der Waals surface area contributed by atoms with Crippen LogP contribution in [0.25, 0.3) is 0 Å². The second-order valence-corrected chi connectivity index (χ2v) is 4.16. The largest absolute Gasteiger partial charge is 0.481 e. The van der Waals surface area contributed by atoms with E-state index in [0.29, 0.717) is 5.92 Å². The van der Waals surface area contributed by atoms with E-state index in [2.05, 4.69) is 13.8 Å². The highest BCUT2D eigenvalue weighted by Crippen LogP contribution is 2.49. The van der Waals surface area contributed by atoms with Crippen LogP contribution in [0.1, 0.15) is 33.6 Å². The van der Waals surface area contributed by atoms with E-state index in [-0.39, 0.29) is 11.3 Å². The molecule has 1 aliphatic rings. The number of carboxylic acids is 1. The minimum atomic E-state index is -0.665. The van der Waals surface area contributed by atoms with Gasteiger partial charge in [0.15, 0.2) is 0 Å². The van der Waals surface area contributed by atoms with Crippen LogP contribution in [0.5, 0.6) is 0 Å². The molecule has 0 heterocycles. The van der Waals surface area contributed by atoms with Crippen molar-refractivity contribution in [2.24, 2.45) is 17.3 Å². The SMILES string of the molecule is C[C@H](C(=O)O)C(C)(C)C1CC1. The Kier molecular flexibility index (Phi) is 1.95. The second-order valence-electron chi connectivity index (χ2n) is 4.16. The van der Waals surface area contributed by atoms with Gasteiger partial charge in [-0.05, 0) is 24.2 Å². The minimum Gasteiger partial charge on any atom is -0.481 e. The molecule has 0 aliphatic heterocycles. The molecule has 0 aromatic rings. The first-order valence-electron chi connectivity index (χ1n) is 4.19. The van der Waals surface area contributed by atoms with Crippen molar-refractivity contribution in [1.82, 2.24) is 0 Å². The summed E-state index contributed by atoms with van der Waals surface area (Å²) in [6, 6.07) is 0. The molecule has 1 aliphatic carbocycles. The van der Waals surface area contributed by atoms with E-state index in [0.717, 1.165) is 0 Å². The van der Waals surface area contributed by atoms with E-state index in [1.54, 1.807) is 6.92 Å². The zero-order valence-corrected chi connectivity index (χ0v) is 7.42. The lowest BCUT2D eigenvalue weighted by molar-refractivity contribution is -0.145. The average Bonchev–Trinajstić information content (AvgIpc) is 2.66. The lowest BCUT2D eigenvalue weighted by Gasteiger charge is -2.28. The van der Waals surface area contributed by atoms with Gasteiger partial charge >= 0.3 is 5.97 Å². The first-order chi connectivity index (χ1) is 4.96. The number of carboxylic acid groups (broad SMARTS) is 1. The summed E-state index contributed by atoms with van der Waals surface area (Å²) in [5, 5.41) is 8.79. The van der Waals surface area contributed by atoms with Crippen LogP contribution in [0, 0.1) is 17.3 Å². The molecule has 1 N–H and O–H groups in total. The van der Waals surface area contributed by atoms with Crippen molar-refractivity contribution in [3.8, 4) is 0 Å². The van der Waals surface area contributed by atoms with E-state index in [1.807, 2.05) is 0 Å². The molecule has 0 bridgehead atoms. The van der Waals surface area contributed by atoms with Crippen molar-refractivity contribution in [3.05, 3.63) is 0 Å². The maximum absolute atomic E-state index is 10.7. The summed E-state index contributed by atoms with van der Waals surface area (Å²) >= 11 is 0. The molecular weight excluding hydrogens is 140 g/mol. The minimum absolute atomic E-state index is 0.00810. The summed E-state index contributed by atoms with van der Waals surface area (Å²) in [4.78, 5) is 10.7. The number of hydrogen-bond donors (Lipinski definition) is 1. The Bertz CT molecular complexity index is 168. The molecule has 1 saturated carbocycles. The van der Waals surface area contributed by atoms with Crippen LogP contribution in [0.4, 0.5) is 0 Å². The van der Waals surface area contributed by atoms with Crippen molar-refractivity contribution in [2.75, 3.05) is 0 Å². The zero-order valence-electron chi connectivity index (χ0n) is 7.42. The van der Waals surface area contributed by atoms with E-state index in [4.69, 9.17) is 5.11 Å². The van der Waals surface area contributed by atoms with Gasteiger partial charge in [-0.15, -0.1) is 0 Å². The third-order valence-corrected chi connectivity index (χ3v) is 3.12. The Balaban J connectivity index is 2.61. The quantitative estimate of drug-likeness (QED) is 0.679. The molecular formula is C9H16O2. The van der Waals surface area contributed by atoms with Gasteiger partial charge in [-0.25, -0.2) is 0 Å². The molecule has 64 valence electrons. The van der Waals surface area contributed by atoms with Crippen LogP contribution in [-0.2, 0) is 4.79 Å². The topological polar surface area (TPSA) is 37.3 Å². The van der Waals surface area contributed by atoms with Gasteiger partial charge in [0.05, 0.1) is 5.92 Å². The third-order valence-electron chi connectivity index (χ3n) is 3.12. The van der Waals surface area contributed by atoms with Gasteiger partial charge in [0.2, 0.25) is 0 Å². The normalized spacial score (nSPS) is 21.4. The van der Waals surface area contributed by atoms with Crippen molar-refractivity contribution >= 4 is 5.97 Å². The van der Waals surface area contributed by atoms with Crippen LogP contribution in [-0.4, -0.2) is 11.1 Å². The van der Waals surface area contributed by atoms with Crippen molar-refractivity contribution < 1.29 is 9.90 Å². The van der Waals surface area contributed by atoms with Crippen molar-refractivity contribution in [3.63, 3.8) is 0 Å². The number of hydrogen-bond acceptors (Lipinski definition) is 1. The van der Waals surface area contributed by atoms with E-state index >= 15 is 0 Å². The summed E-state index contributed by atoms with van der Waals surface area (Å²) in [5.41, 5.74) is -0.00810. The predicted molar refractivity (Wildman–Crippen MR) is 43.3 cm³/mol. The van der Waals surface area contributed by atoms with Gasteiger partial charge in [-0.2, -0.15) is 0 Å². The fourth-order valence-electron chi connectivity index (χ4n) is 1.50. The molecule has 1 atom stereocenters. The molecule has 0 amide bonds. The molecule has 0 aromatic carbocycles. The molecule has 1 rings (SSSR count). The number of carbonyl (C=O) groups is 1. The summed E-state index contributed by atoms with van der Waals surface area (Å²) in [5.74, 6) is -0.231. The highest BCUT2D eigenvalue weighted by molar-refractivity contribution is 5.70. The lowest BCUT2D eigenvalue weighted by Crippen LogP contribution is -2.30. The monoisotopic (exact) mass is 156 g/mol. The summed E-state index contributed by atoms with van der Waals surface area (Å²) in [7, 11) is 0. The number of rotatable bonds is 3. The molecule has 2 heteroatoms. The van der Waals surface area contributed by atoms with Crippen LogP contribution in [0.3, 0.4) is 0 Å². The molecule has 0 unspecified atom stereocenters. The van der Waals surface area contributed by atoms with E-state index in [1.165, 1.54) is 12.8 Å². The molecule has 11 heavy (non-hydrogen) atoms.